The molecule has 20 heavy (non-hydrogen) atoms. The van der Waals surface area contributed by atoms with Gasteiger partial charge in [0.1, 0.15) is 5.41 Å². The Morgan fingerprint density at radius 3 is 2.70 bits per heavy atom. The maximum atomic E-state index is 12.5. The van der Waals surface area contributed by atoms with E-state index < -0.39 is 5.41 Å². The number of rotatable bonds is 5. The molecule has 1 aliphatic carbocycles. The fraction of sp³-hybridized carbons (Fsp3) is 0.846. The first-order valence-electron chi connectivity index (χ1n) is 7.10. The molecule has 7 nitrogen and oxygen atoms in total. The summed E-state index contributed by atoms with van der Waals surface area (Å²) >= 11 is 0. The third-order valence-electron chi connectivity index (χ3n) is 4.21. The smallest absolute Gasteiger partial charge is 0.234 e. The molecule has 0 spiro atoms. The van der Waals surface area contributed by atoms with Crippen molar-refractivity contribution in [2.24, 2.45) is 16.3 Å². The zero-order valence-electron chi connectivity index (χ0n) is 11.8. The topological polar surface area (TPSA) is 106 Å². The molecule has 0 radical (unpaired) electrons. The molecule has 0 aromatic carbocycles. The van der Waals surface area contributed by atoms with Gasteiger partial charge >= 0.3 is 0 Å². The van der Waals surface area contributed by atoms with E-state index in [-0.39, 0.29) is 23.9 Å². The maximum absolute atomic E-state index is 12.5. The predicted octanol–water partition coefficient (Wildman–Crippen LogP) is 0.213. The van der Waals surface area contributed by atoms with E-state index in [1.807, 2.05) is 6.92 Å². The van der Waals surface area contributed by atoms with Crippen molar-refractivity contribution in [3.63, 3.8) is 0 Å². The highest BCUT2D eigenvalue weighted by atomic mass is 16.5. The monoisotopic (exact) mass is 285 g/mol. The van der Waals surface area contributed by atoms with E-state index in [0.717, 1.165) is 12.8 Å². The largest absolute Gasteiger partial charge is 0.409 e. The number of hydrogen-bond donors (Lipinski definition) is 3. The van der Waals surface area contributed by atoms with Crippen LogP contribution in [-0.2, 0) is 14.3 Å². The van der Waals surface area contributed by atoms with Gasteiger partial charge < -0.3 is 25.7 Å². The highest BCUT2D eigenvalue weighted by Gasteiger charge is 2.46. The molecule has 2 fully saturated rings. The Balaban J connectivity index is 1.95. The lowest BCUT2D eigenvalue weighted by Gasteiger charge is -2.40. The summed E-state index contributed by atoms with van der Waals surface area (Å²) in [7, 11) is 0. The number of nitrogens with one attached hydrogen (secondary N) is 1. The average Bonchev–Trinajstić information content (AvgIpc) is 2.44. The van der Waals surface area contributed by atoms with E-state index in [1.54, 1.807) is 0 Å². The summed E-state index contributed by atoms with van der Waals surface area (Å²) in [6.07, 6.45) is 2.76. The average molecular weight is 285 g/mol. The molecule has 1 amide bonds. The number of amides is 1. The van der Waals surface area contributed by atoms with Gasteiger partial charge in [-0.2, -0.15) is 0 Å². The molecule has 114 valence electrons. The predicted molar refractivity (Wildman–Crippen MR) is 72.5 cm³/mol. The molecular formula is C13H23N3O4. The Labute approximate surface area is 118 Å². The van der Waals surface area contributed by atoms with Crippen LogP contribution >= 0.6 is 0 Å². The molecule has 1 aliphatic heterocycles. The second-order valence-electron chi connectivity index (χ2n) is 5.40. The van der Waals surface area contributed by atoms with Crippen molar-refractivity contribution in [2.75, 3.05) is 19.8 Å². The molecule has 2 aliphatic rings. The van der Waals surface area contributed by atoms with Crippen LogP contribution in [0.15, 0.2) is 5.16 Å². The van der Waals surface area contributed by atoms with E-state index >= 15 is 0 Å². The summed E-state index contributed by atoms with van der Waals surface area (Å²) < 4.78 is 10.7. The fourth-order valence-electron chi connectivity index (χ4n) is 2.79. The highest BCUT2D eigenvalue weighted by molar-refractivity contribution is 6.07. The molecular weight excluding hydrogens is 262 g/mol. The summed E-state index contributed by atoms with van der Waals surface area (Å²) in [5.41, 5.74) is 4.81. The molecule has 1 saturated heterocycles. The number of carbonyl (C=O) groups excluding carboxylic acids is 1. The van der Waals surface area contributed by atoms with Crippen molar-refractivity contribution in [2.45, 2.75) is 44.8 Å². The van der Waals surface area contributed by atoms with Crippen molar-refractivity contribution in [3.05, 3.63) is 0 Å². The third kappa shape index (κ3) is 2.88. The van der Waals surface area contributed by atoms with Gasteiger partial charge in [-0.3, -0.25) is 4.79 Å². The molecule has 0 aromatic heterocycles. The van der Waals surface area contributed by atoms with Gasteiger partial charge in [0.25, 0.3) is 0 Å². The Morgan fingerprint density at radius 1 is 1.50 bits per heavy atom. The molecule has 2 rings (SSSR count). The molecule has 7 heteroatoms. The number of amidine groups is 1. The first kappa shape index (κ1) is 15.1. The third-order valence-corrected chi connectivity index (χ3v) is 4.21. The number of nitrogens with zero attached hydrogens (tertiary/aromatic N) is 1. The highest BCUT2D eigenvalue weighted by Crippen LogP contribution is 2.33. The molecule has 1 saturated carbocycles. The molecule has 0 atom stereocenters. The van der Waals surface area contributed by atoms with Crippen LogP contribution in [0.25, 0.3) is 0 Å². The number of ether oxygens (including phenoxy) is 2. The van der Waals surface area contributed by atoms with Crippen LogP contribution in [0.5, 0.6) is 0 Å². The van der Waals surface area contributed by atoms with E-state index in [9.17, 15) is 4.79 Å². The lowest BCUT2D eigenvalue weighted by Crippen LogP contribution is -2.57. The number of oxime groups is 1. The van der Waals surface area contributed by atoms with Crippen molar-refractivity contribution < 1.29 is 19.5 Å². The van der Waals surface area contributed by atoms with Crippen LogP contribution < -0.4 is 11.1 Å². The van der Waals surface area contributed by atoms with Crippen molar-refractivity contribution >= 4 is 11.7 Å². The summed E-state index contributed by atoms with van der Waals surface area (Å²) in [6, 6.07) is 0.116. The Bertz CT molecular complexity index is 374. The van der Waals surface area contributed by atoms with Gasteiger partial charge in [0, 0.05) is 25.9 Å². The molecule has 4 N–H and O–H groups in total. The first-order chi connectivity index (χ1) is 9.62. The van der Waals surface area contributed by atoms with E-state index in [1.165, 1.54) is 0 Å². The van der Waals surface area contributed by atoms with Gasteiger partial charge in [-0.1, -0.05) is 5.16 Å². The van der Waals surface area contributed by atoms with Crippen LogP contribution in [0, 0.1) is 5.41 Å². The van der Waals surface area contributed by atoms with Gasteiger partial charge in [0.05, 0.1) is 6.10 Å². The van der Waals surface area contributed by atoms with Crippen molar-refractivity contribution in [3.8, 4) is 0 Å². The molecule has 0 aromatic rings. The summed E-state index contributed by atoms with van der Waals surface area (Å²) in [6.45, 7) is 3.53. The fourth-order valence-corrected chi connectivity index (χ4v) is 2.79. The standard InChI is InChI=1S/C13H23N3O4/c1-2-20-10-7-9(8-10)15-12(17)13(11(14)16-18)3-5-19-6-4-13/h9-10,18H,2-8H2,1H3,(H2,14,16)(H,15,17). The van der Waals surface area contributed by atoms with Crippen LogP contribution in [0.3, 0.4) is 0 Å². The summed E-state index contributed by atoms with van der Waals surface area (Å²) in [4.78, 5) is 12.5. The van der Waals surface area contributed by atoms with Crippen LogP contribution in [0.1, 0.15) is 32.6 Å². The van der Waals surface area contributed by atoms with Crippen LogP contribution in [-0.4, -0.2) is 48.9 Å². The Morgan fingerprint density at radius 2 is 2.15 bits per heavy atom. The Kier molecular flexibility index (Phi) is 4.82. The normalized spacial score (nSPS) is 29.6. The van der Waals surface area contributed by atoms with Crippen LogP contribution in [0.2, 0.25) is 0 Å². The van der Waals surface area contributed by atoms with Gasteiger partial charge in [-0.15, -0.1) is 0 Å². The Hall–Kier alpha value is -1.34. The van der Waals surface area contributed by atoms with Gasteiger partial charge in [0.15, 0.2) is 5.84 Å². The minimum absolute atomic E-state index is 0.0287. The lowest BCUT2D eigenvalue weighted by molar-refractivity contribution is -0.134. The van der Waals surface area contributed by atoms with E-state index in [0.29, 0.717) is 32.7 Å². The zero-order chi connectivity index (χ0) is 14.6. The number of carbonyl (C=O) groups is 1. The van der Waals surface area contributed by atoms with Gasteiger partial charge in [-0.05, 0) is 32.6 Å². The summed E-state index contributed by atoms with van der Waals surface area (Å²) in [5, 5.41) is 15.0. The second kappa shape index (κ2) is 6.41. The minimum Gasteiger partial charge on any atom is -0.409 e. The van der Waals surface area contributed by atoms with E-state index in [2.05, 4.69) is 10.5 Å². The second-order valence-corrected chi connectivity index (χ2v) is 5.40. The van der Waals surface area contributed by atoms with Gasteiger partial charge in [-0.25, -0.2) is 0 Å². The van der Waals surface area contributed by atoms with Crippen molar-refractivity contribution in [1.82, 2.24) is 5.32 Å². The molecule has 0 unspecified atom stereocenters. The maximum Gasteiger partial charge on any atom is 0.234 e. The van der Waals surface area contributed by atoms with Crippen LogP contribution in [0.4, 0.5) is 0 Å². The minimum atomic E-state index is -0.941. The van der Waals surface area contributed by atoms with E-state index in [4.69, 9.17) is 20.4 Å². The number of nitrogens with two attached hydrogens (primary N) is 1. The molecule has 1 heterocycles. The van der Waals surface area contributed by atoms with Gasteiger partial charge in [0.2, 0.25) is 5.91 Å². The summed E-state index contributed by atoms with van der Waals surface area (Å²) in [5.74, 6) is -0.199. The zero-order valence-corrected chi connectivity index (χ0v) is 11.8. The lowest BCUT2D eigenvalue weighted by atomic mass is 9.77. The SMILES string of the molecule is CCOC1CC(NC(=O)C2(C(N)=NO)CCOCC2)C1. The first-order valence-corrected chi connectivity index (χ1v) is 7.10. The number of hydrogen-bond acceptors (Lipinski definition) is 5. The molecule has 0 bridgehead atoms. The quantitative estimate of drug-likeness (QED) is 0.290. The van der Waals surface area contributed by atoms with Crippen molar-refractivity contribution in [1.29, 1.82) is 0 Å².